The van der Waals surface area contributed by atoms with Gasteiger partial charge in [0.1, 0.15) is 11.2 Å². The highest BCUT2D eigenvalue weighted by Crippen LogP contribution is 2.31. The zero-order valence-electron chi connectivity index (χ0n) is 16.9. The van der Waals surface area contributed by atoms with Gasteiger partial charge in [-0.05, 0) is 32.0 Å². The van der Waals surface area contributed by atoms with Gasteiger partial charge < -0.3 is 9.32 Å². The lowest BCUT2D eigenvalue weighted by Gasteiger charge is -2.21. The van der Waals surface area contributed by atoms with Gasteiger partial charge in [-0.3, -0.25) is 0 Å². The molecule has 1 aliphatic carbocycles. The Hall–Kier alpha value is -3.80. The summed E-state index contributed by atoms with van der Waals surface area (Å²) >= 11 is 0. The van der Waals surface area contributed by atoms with Gasteiger partial charge >= 0.3 is 0 Å². The molecule has 6 nitrogen and oxygen atoms in total. The van der Waals surface area contributed by atoms with Crippen molar-refractivity contribution in [2.75, 3.05) is 18.0 Å². The van der Waals surface area contributed by atoms with Gasteiger partial charge in [-0.1, -0.05) is 24.3 Å². The van der Waals surface area contributed by atoms with Crippen molar-refractivity contribution in [3.63, 3.8) is 0 Å². The largest absolute Gasteiger partial charge is 0.453 e. The standard InChI is InChI=1S/C24H21N5O/c1-3-29(4-2)16-10-11-19-21(14-16)30-22-15-20(28-24-25-12-7-13-26-24)17-8-5-6-9-18(17)23(22)27-19/h5-15H,3-4H2,1-2H3/b28-20-. The lowest BCUT2D eigenvalue weighted by atomic mass is 10.0. The molecule has 1 aliphatic heterocycles. The third-order valence-corrected chi connectivity index (χ3v) is 5.26. The Morgan fingerprint density at radius 3 is 2.43 bits per heavy atom. The zero-order valence-corrected chi connectivity index (χ0v) is 16.9. The Balaban J connectivity index is 1.80. The Labute approximate surface area is 173 Å². The quantitative estimate of drug-likeness (QED) is 0.318. The average molecular weight is 395 g/mol. The van der Waals surface area contributed by atoms with E-state index in [9.17, 15) is 0 Å². The van der Waals surface area contributed by atoms with Crippen molar-refractivity contribution in [1.29, 1.82) is 0 Å². The first-order valence-electron chi connectivity index (χ1n) is 10.1. The number of hydrogen-bond donors (Lipinski definition) is 0. The van der Waals surface area contributed by atoms with Crippen molar-refractivity contribution in [3.05, 3.63) is 72.3 Å². The second-order valence-electron chi connectivity index (χ2n) is 6.99. The summed E-state index contributed by atoms with van der Waals surface area (Å²) in [5, 5.41) is 2.73. The molecule has 6 heteroatoms. The fourth-order valence-corrected chi connectivity index (χ4v) is 3.76. The molecule has 1 aromatic heterocycles. The molecule has 0 fully saturated rings. The highest BCUT2D eigenvalue weighted by Gasteiger charge is 2.15. The number of aromatic nitrogens is 3. The minimum absolute atomic E-state index is 0.416. The van der Waals surface area contributed by atoms with Crippen molar-refractivity contribution in [2.45, 2.75) is 13.8 Å². The first kappa shape index (κ1) is 18.2. The smallest absolute Gasteiger partial charge is 0.249 e. The van der Waals surface area contributed by atoms with E-state index in [1.54, 1.807) is 18.5 Å². The minimum Gasteiger partial charge on any atom is -0.453 e. The van der Waals surface area contributed by atoms with E-state index in [2.05, 4.69) is 45.8 Å². The van der Waals surface area contributed by atoms with Gasteiger partial charge in [-0.2, -0.15) is 0 Å². The molecule has 0 atom stereocenters. The maximum Gasteiger partial charge on any atom is 0.249 e. The van der Waals surface area contributed by atoms with Crippen molar-refractivity contribution in [1.82, 2.24) is 15.0 Å². The summed E-state index contributed by atoms with van der Waals surface area (Å²) < 4.78 is 6.32. The van der Waals surface area contributed by atoms with E-state index in [1.807, 2.05) is 36.4 Å². The summed E-state index contributed by atoms with van der Waals surface area (Å²) in [5.41, 5.74) is 3.53. The molecule has 2 heterocycles. The third-order valence-electron chi connectivity index (χ3n) is 5.26. The Morgan fingerprint density at radius 2 is 1.67 bits per heavy atom. The van der Waals surface area contributed by atoms with Gasteiger partial charge in [0.2, 0.25) is 5.95 Å². The third kappa shape index (κ3) is 3.16. The number of nitrogens with zero attached hydrogens (tertiary/aromatic N) is 5. The van der Waals surface area contributed by atoms with Crippen LogP contribution in [0.3, 0.4) is 0 Å². The van der Waals surface area contributed by atoms with Gasteiger partial charge in [0.25, 0.3) is 0 Å². The lowest BCUT2D eigenvalue weighted by molar-refractivity contribution is 0.613. The molecule has 148 valence electrons. The van der Waals surface area contributed by atoms with E-state index < -0.39 is 0 Å². The number of fused-ring (bicyclic) bond motifs is 4. The van der Waals surface area contributed by atoms with Crippen LogP contribution in [0, 0.1) is 0 Å². The molecule has 0 amide bonds. The van der Waals surface area contributed by atoms with E-state index in [0.29, 0.717) is 11.7 Å². The summed E-state index contributed by atoms with van der Waals surface area (Å²) in [6.45, 7) is 6.17. The van der Waals surface area contributed by atoms with Crippen LogP contribution < -0.4 is 10.3 Å². The molecule has 0 N–H and O–H groups in total. The second-order valence-corrected chi connectivity index (χ2v) is 6.99. The van der Waals surface area contributed by atoms with Crippen molar-refractivity contribution >= 4 is 33.5 Å². The Morgan fingerprint density at radius 1 is 0.900 bits per heavy atom. The molecule has 2 aliphatic rings. The molecule has 0 bridgehead atoms. The summed E-state index contributed by atoms with van der Waals surface area (Å²) in [4.78, 5) is 20.3. The van der Waals surface area contributed by atoms with Crippen molar-refractivity contribution in [3.8, 4) is 11.5 Å². The molecule has 0 spiro atoms. The number of rotatable bonds is 4. The number of anilines is 1. The molecule has 0 saturated carbocycles. The summed E-state index contributed by atoms with van der Waals surface area (Å²) in [7, 11) is 0. The van der Waals surface area contributed by atoms with E-state index in [-0.39, 0.29) is 0 Å². The van der Waals surface area contributed by atoms with Crippen molar-refractivity contribution < 1.29 is 4.42 Å². The average Bonchev–Trinajstić information content (AvgIpc) is 2.79. The highest BCUT2D eigenvalue weighted by molar-refractivity contribution is 5.96. The van der Waals surface area contributed by atoms with Crippen LogP contribution in [-0.2, 0) is 0 Å². The fraction of sp³-hybridized carbons (Fsp3) is 0.167. The van der Waals surface area contributed by atoms with Crippen LogP contribution >= 0.6 is 0 Å². The summed E-state index contributed by atoms with van der Waals surface area (Å²) in [6.07, 6.45) is 3.37. The first-order valence-corrected chi connectivity index (χ1v) is 10.1. The molecule has 5 rings (SSSR count). The molecular formula is C24H21N5O. The number of benzene rings is 3. The summed E-state index contributed by atoms with van der Waals surface area (Å²) in [5.74, 6) is 1.10. The van der Waals surface area contributed by atoms with Gasteiger partial charge in [0.05, 0.1) is 5.36 Å². The van der Waals surface area contributed by atoms with Crippen LogP contribution in [0.2, 0.25) is 0 Å². The van der Waals surface area contributed by atoms with Crippen LogP contribution in [0.15, 0.2) is 76.4 Å². The normalized spacial score (nSPS) is 12.1. The van der Waals surface area contributed by atoms with E-state index >= 15 is 0 Å². The first-order chi connectivity index (χ1) is 14.8. The molecule has 30 heavy (non-hydrogen) atoms. The van der Waals surface area contributed by atoms with E-state index in [4.69, 9.17) is 9.40 Å². The Kier molecular flexibility index (Phi) is 4.59. The lowest BCUT2D eigenvalue weighted by Crippen LogP contribution is -2.21. The summed E-state index contributed by atoms with van der Waals surface area (Å²) in [6, 6.07) is 17.9. The zero-order chi connectivity index (χ0) is 20.5. The molecule has 2 aromatic carbocycles. The molecule has 0 radical (unpaired) electrons. The fourth-order valence-electron chi connectivity index (χ4n) is 3.76. The minimum atomic E-state index is 0.416. The van der Waals surface area contributed by atoms with Crippen LogP contribution in [0.25, 0.3) is 33.3 Å². The van der Waals surface area contributed by atoms with Gasteiger partial charge in [0, 0.05) is 54.1 Å². The molecule has 0 saturated heterocycles. The van der Waals surface area contributed by atoms with Crippen LogP contribution in [-0.4, -0.2) is 28.0 Å². The topological polar surface area (TPSA) is 67.4 Å². The molecular weight excluding hydrogens is 374 g/mol. The van der Waals surface area contributed by atoms with Gasteiger partial charge in [-0.15, -0.1) is 0 Å². The van der Waals surface area contributed by atoms with Gasteiger partial charge in [0.15, 0.2) is 11.3 Å². The van der Waals surface area contributed by atoms with Gasteiger partial charge in [-0.25, -0.2) is 19.9 Å². The molecule has 0 unspecified atom stereocenters. The highest BCUT2D eigenvalue weighted by atomic mass is 16.3. The maximum absolute atomic E-state index is 6.32. The van der Waals surface area contributed by atoms with E-state index in [0.717, 1.165) is 51.7 Å². The number of hydrogen-bond acceptors (Lipinski definition) is 6. The maximum atomic E-state index is 6.32. The van der Waals surface area contributed by atoms with Crippen molar-refractivity contribution in [2.24, 2.45) is 4.99 Å². The van der Waals surface area contributed by atoms with E-state index in [1.165, 1.54) is 0 Å². The van der Waals surface area contributed by atoms with Crippen LogP contribution in [0.1, 0.15) is 13.8 Å². The monoisotopic (exact) mass is 395 g/mol. The second kappa shape index (κ2) is 7.55. The predicted molar refractivity (Wildman–Crippen MR) is 119 cm³/mol. The van der Waals surface area contributed by atoms with Crippen LogP contribution in [0.5, 0.6) is 0 Å². The SMILES string of the molecule is CCN(CC)c1ccc2nc3c4ccccc4/c(=N\c4ncccn4)cc-3oc2c1. The predicted octanol–water partition coefficient (Wildman–Crippen LogP) is 4.95. The Bertz CT molecular complexity index is 1370. The van der Waals surface area contributed by atoms with Crippen LogP contribution in [0.4, 0.5) is 11.6 Å². The molecule has 3 aromatic rings.